The van der Waals surface area contributed by atoms with Crippen molar-refractivity contribution in [3.05, 3.63) is 35.7 Å². The van der Waals surface area contributed by atoms with Crippen LogP contribution in [0.4, 0.5) is 0 Å². The van der Waals surface area contributed by atoms with Gasteiger partial charge in [-0.3, -0.25) is 0 Å². The van der Waals surface area contributed by atoms with Gasteiger partial charge in [-0.1, -0.05) is 22.5 Å². The fourth-order valence-electron chi connectivity index (χ4n) is 0.491. The standard InChI is InChI=1S/C6H4Cl2P/c7-9(8)6-4-2-1-3-5-6/h2-5H/q+1. The van der Waals surface area contributed by atoms with Crippen LogP contribution < -0.4 is 0 Å². The monoisotopic (exact) mass is 177 g/mol. The fraction of sp³-hybridized carbons (Fsp3) is 0. The van der Waals surface area contributed by atoms with Crippen LogP contribution >= 0.6 is 29.1 Å². The Bertz CT molecular complexity index is 179. The number of hydrogen-bond donors (Lipinski definition) is 0. The van der Waals surface area contributed by atoms with E-state index in [1.807, 2.05) is 12.2 Å². The summed E-state index contributed by atoms with van der Waals surface area (Å²) in [4.78, 5) is 0. The molecule has 0 aromatic heterocycles. The summed E-state index contributed by atoms with van der Waals surface area (Å²) in [7, 11) is 0. The Morgan fingerprint density at radius 3 is 2.56 bits per heavy atom. The highest BCUT2D eigenvalue weighted by molar-refractivity contribution is 8.06. The molecule has 0 aromatic carbocycles. The van der Waals surface area contributed by atoms with Gasteiger partial charge in [-0.2, -0.15) is 0 Å². The van der Waals surface area contributed by atoms with E-state index in [2.05, 4.69) is 6.08 Å². The third kappa shape index (κ3) is 2.08. The predicted molar refractivity (Wildman–Crippen MR) is 43.7 cm³/mol. The summed E-state index contributed by atoms with van der Waals surface area (Å²) in [5.41, 5.74) is 0. The summed E-state index contributed by atoms with van der Waals surface area (Å²) < 4.78 is 0. The molecule has 1 aliphatic carbocycles. The molecule has 0 unspecified atom stereocenters. The molecule has 0 heterocycles. The first kappa shape index (κ1) is 7.25. The molecule has 9 heavy (non-hydrogen) atoms. The van der Waals surface area contributed by atoms with Crippen molar-refractivity contribution in [3.8, 4) is 0 Å². The Morgan fingerprint density at radius 1 is 1.44 bits per heavy atom. The van der Waals surface area contributed by atoms with Gasteiger partial charge in [0.2, 0.25) is 0 Å². The molecule has 0 amide bonds. The van der Waals surface area contributed by atoms with Crippen LogP contribution in [-0.4, -0.2) is 0 Å². The summed E-state index contributed by atoms with van der Waals surface area (Å²) in [6, 6.07) is 0. The van der Waals surface area contributed by atoms with Crippen LogP contribution in [0.15, 0.2) is 29.6 Å². The zero-order valence-electron chi connectivity index (χ0n) is 4.51. The van der Waals surface area contributed by atoms with E-state index in [0.717, 1.165) is 5.31 Å². The lowest BCUT2D eigenvalue weighted by molar-refractivity contribution is 1.72. The lowest BCUT2D eigenvalue weighted by Gasteiger charge is -1.93. The minimum absolute atomic E-state index is 0.971. The van der Waals surface area contributed by atoms with Crippen molar-refractivity contribution in [1.82, 2.24) is 0 Å². The van der Waals surface area contributed by atoms with Crippen LogP contribution in [0.1, 0.15) is 0 Å². The molecule has 0 saturated heterocycles. The first-order valence-electron chi connectivity index (χ1n) is 2.38. The molecule has 0 saturated carbocycles. The summed E-state index contributed by atoms with van der Waals surface area (Å²) in [5, 5.41) is 0.979. The van der Waals surface area contributed by atoms with E-state index in [9.17, 15) is 0 Å². The molecule has 0 aliphatic heterocycles. The molecule has 0 aromatic rings. The van der Waals surface area contributed by atoms with Crippen molar-refractivity contribution in [2.24, 2.45) is 0 Å². The molecule has 0 fully saturated rings. The van der Waals surface area contributed by atoms with E-state index >= 15 is 0 Å². The van der Waals surface area contributed by atoms with Crippen molar-refractivity contribution in [3.63, 3.8) is 0 Å². The molecule has 3 heteroatoms. The Labute approximate surface area is 65.2 Å². The van der Waals surface area contributed by atoms with E-state index in [1.165, 1.54) is 0 Å². The van der Waals surface area contributed by atoms with Gasteiger partial charge in [-0.25, -0.2) is 0 Å². The van der Waals surface area contributed by atoms with Gasteiger partial charge in [-0.15, -0.1) is 0 Å². The fourth-order valence-corrected chi connectivity index (χ4v) is 1.54. The van der Waals surface area contributed by atoms with Gasteiger partial charge < -0.3 is 0 Å². The van der Waals surface area contributed by atoms with Crippen LogP contribution in [0.3, 0.4) is 0 Å². The van der Waals surface area contributed by atoms with Crippen molar-refractivity contribution in [2.75, 3.05) is 0 Å². The van der Waals surface area contributed by atoms with Gasteiger partial charge in [0.25, 0.3) is 0 Å². The molecule has 0 nitrogen and oxygen atoms in total. The zero-order valence-corrected chi connectivity index (χ0v) is 6.92. The zero-order chi connectivity index (χ0) is 6.69. The molecule has 0 N–H and O–H groups in total. The SMILES string of the molecule is ClP(Cl)C1=CC=[C+]C=C1. The normalized spacial score (nSPS) is 15.7. The largest absolute Gasteiger partial charge is 0.144 e. The van der Waals surface area contributed by atoms with Crippen molar-refractivity contribution in [2.45, 2.75) is 0 Å². The maximum atomic E-state index is 5.62. The van der Waals surface area contributed by atoms with Gasteiger partial charge in [0.05, 0.1) is 12.2 Å². The maximum Gasteiger partial charge on any atom is 0.144 e. The quantitative estimate of drug-likeness (QED) is 0.425. The molecule has 0 bridgehead atoms. The third-order valence-electron chi connectivity index (χ3n) is 0.896. The maximum absolute atomic E-state index is 5.62. The van der Waals surface area contributed by atoms with E-state index < -0.39 is 6.63 Å². The Kier molecular flexibility index (Phi) is 2.69. The van der Waals surface area contributed by atoms with Gasteiger partial charge >= 0.3 is 0 Å². The summed E-state index contributed by atoms with van der Waals surface area (Å²) in [6.07, 6.45) is 10.2. The van der Waals surface area contributed by atoms with Crippen LogP contribution in [0.5, 0.6) is 0 Å². The Morgan fingerprint density at radius 2 is 2.22 bits per heavy atom. The topological polar surface area (TPSA) is 0 Å². The summed E-state index contributed by atoms with van der Waals surface area (Å²) >= 11 is 11.2. The van der Waals surface area contributed by atoms with E-state index in [4.69, 9.17) is 22.5 Å². The van der Waals surface area contributed by atoms with Gasteiger partial charge in [0.1, 0.15) is 24.1 Å². The average molecular weight is 178 g/mol. The highest BCUT2D eigenvalue weighted by atomic mass is 35.9. The van der Waals surface area contributed by atoms with E-state index in [1.54, 1.807) is 12.2 Å². The van der Waals surface area contributed by atoms with Gasteiger partial charge in [0, 0.05) is 6.08 Å². The van der Waals surface area contributed by atoms with Crippen LogP contribution in [0.25, 0.3) is 0 Å². The molecule has 1 aliphatic rings. The third-order valence-corrected chi connectivity index (χ3v) is 2.76. The smallest absolute Gasteiger partial charge is 0.0701 e. The van der Waals surface area contributed by atoms with Crippen molar-refractivity contribution >= 4 is 29.1 Å². The molecular formula is C6H4Cl2P+. The second kappa shape index (κ2) is 3.34. The van der Waals surface area contributed by atoms with Crippen LogP contribution in [0.2, 0.25) is 0 Å². The predicted octanol–water partition coefficient (Wildman–Crippen LogP) is 3.59. The number of allylic oxidation sites excluding steroid dienone is 6. The van der Waals surface area contributed by atoms with Crippen LogP contribution in [0, 0.1) is 6.08 Å². The van der Waals surface area contributed by atoms with Crippen LogP contribution in [-0.2, 0) is 0 Å². The minimum Gasteiger partial charge on any atom is -0.0701 e. The van der Waals surface area contributed by atoms with E-state index in [0.29, 0.717) is 0 Å². The first-order chi connectivity index (χ1) is 4.30. The Hall–Kier alpha value is 0.140. The molecule has 0 radical (unpaired) electrons. The average Bonchev–Trinajstić information content (AvgIpc) is 1.90. The second-order valence-electron chi connectivity index (χ2n) is 1.49. The second-order valence-corrected chi connectivity index (χ2v) is 5.02. The van der Waals surface area contributed by atoms with Gasteiger partial charge in [-0.05, 0) is 0 Å². The molecule has 46 valence electrons. The number of hydrogen-bond acceptors (Lipinski definition) is 0. The van der Waals surface area contributed by atoms with Crippen molar-refractivity contribution in [1.29, 1.82) is 0 Å². The molecular weight excluding hydrogens is 174 g/mol. The first-order valence-corrected chi connectivity index (χ1v) is 5.53. The number of rotatable bonds is 1. The lowest BCUT2D eigenvalue weighted by atomic mass is 10.3. The summed E-state index contributed by atoms with van der Waals surface area (Å²) in [6.45, 7) is -0.971. The Balaban J connectivity index is 2.72. The highest BCUT2D eigenvalue weighted by Gasteiger charge is 2.10. The highest BCUT2D eigenvalue weighted by Crippen LogP contribution is 2.55. The molecule has 1 rings (SSSR count). The summed E-state index contributed by atoms with van der Waals surface area (Å²) in [5.74, 6) is 0. The minimum atomic E-state index is -0.971. The molecule has 0 spiro atoms. The lowest BCUT2D eigenvalue weighted by Crippen LogP contribution is -1.70. The van der Waals surface area contributed by atoms with Crippen molar-refractivity contribution < 1.29 is 0 Å². The molecule has 0 atom stereocenters. The van der Waals surface area contributed by atoms with E-state index in [-0.39, 0.29) is 0 Å². The van der Waals surface area contributed by atoms with Gasteiger partial charge in [0.15, 0.2) is 0 Å². The number of halogens is 2.